The first kappa shape index (κ1) is 24.8. The highest BCUT2D eigenvalue weighted by atomic mass is 32.1. The minimum atomic E-state index is -0.329. The number of nitrogens with zero attached hydrogens (tertiary/aromatic N) is 2. The van der Waals surface area contributed by atoms with E-state index < -0.39 is 0 Å². The number of imide groups is 1. The number of allylic oxidation sites excluding steroid dienone is 2. The van der Waals surface area contributed by atoms with Crippen LogP contribution in [0.15, 0.2) is 77.3 Å². The zero-order valence-electron chi connectivity index (χ0n) is 21.2. The van der Waals surface area contributed by atoms with Crippen molar-refractivity contribution >= 4 is 34.8 Å². The molecule has 0 spiro atoms. The van der Waals surface area contributed by atoms with Crippen LogP contribution in [-0.2, 0) is 20.9 Å². The molecule has 194 valence electrons. The van der Waals surface area contributed by atoms with Crippen LogP contribution in [0.3, 0.4) is 0 Å². The van der Waals surface area contributed by atoms with Crippen molar-refractivity contribution in [2.75, 3.05) is 6.61 Å². The first-order valence-corrected chi connectivity index (χ1v) is 14.0. The van der Waals surface area contributed by atoms with Crippen molar-refractivity contribution in [3.8, 4) is 5.75 Å². The second-order valence-corrected chi connectivity index (χ2v) is 11.4. The van der Waals surface area contributed by atoms with Gasteiger partial charge in [0.1, 0.15) is 5.75 Å². The Labute approximate surface area is 226 Å². The van der Waals surface area contributed by atoms with E-state index in [0.29, 0.717) is 19.6 Å². The molecular formula is C31H30N2O4S. The van der Waals surface area contributed by atoms with E-state index in [9.17, 15) is 14.7 Å². The number of ether oxygens (including phenoxy) is 1. The van der Waals surface area contributed by atoms with Gasteiger partial charge < -0.3 is 9.84 Å². The molecule has 2 aliphatic heterocycles. The van der Waals surface area contributed by atoms with E-state index in [-0.39, 0.29) is 41.4 Å². The lowest BCUT2D eigenvalue weighted by Crippen LogP contribution is -2.34. The van der Waals surface area contributed by atoms with Gasteiger partial charge >= 0.3 is 0 Å². The average molecular weight is 527 g/mol. The number of fused-ring (bicyclic) bond motifs is 3. The van der Waals surface area contributed by atoms with E-state index in [4.69, 9.17) is 4.74 Å². The monoisotopic (exact) mass is 526 g/mol. The fourth-order valence-corrected chi connectivity index (χ4v) is 7.03. The maximum Gasteiger partial charge on any atom is 0.234 e. The average Bonchev–Trinajstić information content (AvgIpc) is 3.64. The van der Waals surface area contributed by atoms with Crippen molar-refractivity contribution in [3.05, 3.63) is 93.5 Å². The number of amides is 2. The van der Waals surface area contributed by atoms with Crippen LogP contribution in [0.2, 0.25) is 0 Å². The molecule has 0 saturated carbocycles. The number of phenolic OH excluding ortho intramolecular Hbond substituents is 1. The molecule has 3 aliphatic rings. The third kappa shape index (κ3) is 4.61. The third-order valence-electron chi connectivity index (χ3n) is 8.02. The molecule has 6 nitrogen and oxygen atoms in total. The largest absolute Gasteiger partial charge is 0.508 e. The third-order valence-corrected chi connectivity index (χ3v) is 8.88. The van der Waals surface area contributed by atoms with Crippen LogP contribution in [0.25, 0.3) is 11.6 Å². The fourth-order valence-electron chi connectivity index (χ4n) is 6.34. The van der Waals surface area contributed by atoms with E-state index in [0.717, 1.165) is 34.5 Å². The number of pyridine rings is 1. The van der Waals surface area contributed by atoms with Gasteiger partial charge in [0.05, 0.1) is 36.8 Å². The Morgan fingerprint density at radius 3 is 2.79 bits per heavy atom. The van der Waals surface area contributed by atoms with Gasteiger partial charge in [0.15, 0.2) is 0 Å². The number of likely N-dealkylation sites (tertiary alicyclic amines) is 1. The van der Waals surface area contributed by atoms with Crippen LogP contribution < -0.4 is 0 Å². The summed E-state index contributed by atoms with van der Waals surface area (Å²) in [6.45, 7) is 2.93. The van der Waals surface area contributed by atoms with E-state index in [1.807, 2.05) is 47.8 Å². The Bertz CT molecular complexity index is 1410. The van der Waals surface area contributed by atoms with Crippen molar-refractivity contribution in [2.24, 2.45) is 17.8 Å². The number of hydrogen-bond acceptors (Lipinski definition) is 6. The van der Waals surface area contributed by atoms with Crippen molar-refractivity contribution in [1.82, 2.24) is 9.88 Å². The summed E-state index contributed by atoms with van der Waals surface area (Å²) < 4.78 is 6.33. The van der Waals surface area contributed by atoms with E-state index in [1.165, 1.54) is 16.0 Å². The van der Waals surface area contributed by atoms with Gasteiger partial charge in [-0.3, -0.25) is 19.5 Å². The highest BCUT2D eigenvalue weighted by Crippen LogP contribution is 2.50. The lowest BCUT2D eigenvalue weighted by molar-refractivity contribution is -0.140. The predicted octanol–water partition coefficient (Wildman–Crippen LogP) is 5.71. The molecule has 2 aromatic heterocycles. The molecule has 4 atom stereocenters. The summed E-state index contributed by atoms with van der Waals surface area (Å²) in [4.78, 5) is 33.9. The summed E-state index contributed by atoms with van der Waals surface area (Å²) in [6.07, 6.45) is 5.86. The number of phenols is 1. The van der Waals surface area contributed by atoms with Gasteiger partial charge in [-0.15, -0.1) is 11.3 Å². The Balaban J connectivity index is 1.22. The number of benzene rings is 1. The van der Waals surface area contributed by atoms with Crippen molar-refractivity contribution in [1.29, 1.82) is 0 Å². The number of rotatable bonds is 7. The zero-order valence-corrected chi connectivity index (χ0v) is 22.1. The van der Waals surface area contributed by atoms with Crippen LogP contribution >= 0.6 is 11.3 Å². The first-order valence-electron chi connectivity index (χ1n) is 13.1. The lowest BCUT2D eigenvalue weighted by Gasteiger charge is -2.30. The molecule has 1 N–H and O–H groups in total. The summed E-state index contributed by atoms with van der Waals surface area (Å²) in [7, 11) is 0. The minimum Gasteiger partial charge on any atom is -0.508 e. The molecule has 38 heavy (non-hydrogen) atoms. The quantitative estimate of drug-likeness (QED) is 0.315. The lowest BCUT2D eigenvalue weighted by atomic mass is 9.70. The van der Waals surface area contributed by atoms with Gasteiger partial charge in [0, 0.05) is 17.0 Å². The highest BCUT2D eigenvalue weighted by Gasteiger charge is 2.56. The van der Waals surface area contributed by atoms with Crippen LogP contribution in [0.4, 0.5) is 0 Å². The molecule has 3 aromatic rings. The minimum absolute atomic E-state index is 0.0401. The molecule has 6 rings (SSSR count). The van der Waals surface area contributed by atoms with Crippen LogP contribution in [0.1, 0.15) is 42.3 Å². The SMILES string of the molecule is CC1=C2[C@@H](CC/C(=C/c3cccc(O)c3)c3ccccn3)OC[C@@H]2[C@@H]2C(=O)N(Cc3cccs3)C(=O)[C@@H]2C1. The smallest absolute Gasteiger partial charge is 0.234 e. The van der Waals surface area contributed by atoms with Crippen LogP contribution in [0, 0.1) is 17.8 Å². The molecule has 0 unspecified atom stereocenters. The van der Waals surface area contributed by atoms with Gasteiger partial charge in [0.2, 0.25) is 11.8 Å². The number of hydrogen-bond donors (Lipinski definition) is 1. The van der Waals surface area contributed by atoms with Crippen LogP contribution in [-0.4, -0.2) is 39.5 Å². The molecule has 2 saturated heterocycles. The Hall–Kier alpha value is -3.55. The standard InChI is InChI=1S/C31H30N2O4S/c1-19-14-24-29(31(36)33(30(24)35)17-23-8-5-13-38-23)25-18-37-27(28(19)25)11-10-21(26-9-2-3-12-32-26)15-20-6-4-7-22(34)16-20/h2-9,12-13,15-16,24-25,27,29,34H,10-11,14,17-18H2,1H3/b21-15-/t24-,25+,27-,29-/m1/s1. The molecular weight excluding hydrogens is 496 g/mol. The maximum absolute atomic E-state index is 13.5. The molecule has 0 radical (unpaired) electrons. The van der Waals surface area contributed by atoms with E-state index in [1.54, 1.807) is 29.7 Å². The van der Waals surface area contributed by atoms with Gasteiger partial charge in [0.25, 0.3) is 0 Å². The van der Waals surface area contributed by atoms with E-state index >= 15 is 0 Å². The second kappa shape index (κ2) is 10.3. The maximum atomic E-state index is 13.5. The first-order chi connectivity index (χ1) is 18.5. The predicted molar refractivity (Wildman–Crippen MR) is 147 cm³/mol. The number of carbonyl (C=O) groups excluding carboxylic acids is 2. The summed E-state index contributed by atoms with van der Waals surface area (Å²) in [5.41, 5.74) is 5.26. The Morgan fingerprint density at radius 1 is 1.13 bits per heavy atom. The molecule has 2 amide bonds. The zero-order chi connectivity index (χ0) is 26.2. The Morgan fingerprint density at radius 2 is 2.03 bits per heavy atom. The van der Waals surface area contributed by atoms with Crippen LogP contribution in [0.5, 0.6) is 5.75 Å². The molecule has 0 bridgehead atoms. The van der Waals surface area contributed by atoms with Gasteiger partial charge in [-0.25, -0.2) is 0 Å². The molecule has 1 aromatic carbocycles. The van der Waals surface area contributed by atoms with E-state index in [2.05, 4.69) is 18.0 Å². The molecule has 4 heterocycles. The molecule has 1 aliphatic carbocycles. The fraction of sp³-hybridized carbons (Fsp3) is 0.323. The number of thiophene rings is 1. The topological polar surface area (TPSA) is 79.7 Å². The van der Waals surface area contributed by atoms with Gasteiger partial charge in [-0.05, 0) is 84.7 Å². The summed E-state index contributed by atoms with van der Waals surface area (Å²) in [5.74, 6) is -0.524. The normalized spacial score (nSPS) is 25.2. The molecule has 7 heteroatoms. The van der Waals surface area contributed by atoms with Crippen molar-refractivity contribution in [2.45, 2.75) is 38.8 Å². The number of carbonyl (C=O) groups is 2. The summed E-state index contributed by atoms with van der Waals surface area (Å²) >= 11 is 1.57. The van der Waals surface area contributed by atoms with Gasteiger partial charge in [-0.1, -0.05) is 29.8 Å². The highest BCUT2D eigenvalue weighted by molar-refractivity contribution is 7.09. The summed E-state index contributed by atoms with van der Waals surface area (Å²) in [5, 5.41) is 11.9. The molecule has 2 fully saturated rings. The second-order valence-electron chi connectivity index (χ2n) is 10.4. The van der Waals surface area contributed by atoms with Gasteiger partial charge in [-0.2, -0.15) is 0 Å². The number of aromatic hydroxyl groups is 1. The Kier molecular flexibility index (Phi) is 6.72. The van der Waals surface area contributed by atoms with Crippen molar-refractivity contribution in [3.63, 3.8) is 0 Å². The number of aromatic nitrogens is 1. The van der Waals surface area contributed by atoms with Crippen molar-refractivity contribution < 1.29 is 19.4 Å². The summed E-state index contributed by atoms with van der Waals surface area (Å²) in [6, 6.07) is 17.0.